The lowest BCUT2D eigenvalue weighted by atomic mass is 10.1. The van der Waals surface area contributed by atoms with Crippen LogP contribution >= 0.6 is 22.6 Å². The highest BCUT2D eigenvalue weighted by Gasteiger charge is 2.00. The van der Waals surface area contributed by atoms with Crippen LogP contribution in [0.25, 0.3) is 0 Å². The molecule has 0 fully saturated rings. The molecular weight excluding hydrogens is 251 g/mol. The van der Waals surface area contributed by atoms with Crippen molar-refractivity contribution >= 4 is 28.4 Å². The van der Waals surface area contributed by atoms with Crippen LogP contribution in [0.2, 0.25) is 0 Å². The molecule has 58 valence electrons. The van der Waals surface area contributed by atoms with Crippen LogP contribution in [0.15, 0.2) is 18.2 Å². The van der Waals surface area contributed by atoms with Gasteiger partial charge in [0.25, 0.3) is 0 Å². The first-order valence-corrected chi connectivity index (χ1v) is 4.46. The van der Waals surface area contributed by atoms with E-state index < -0.39 is 0 Å². The van der Waals surface area contributed by atoms with Crippen LogP contribution in [0.5, 0.6) is 0 Å². The number of carbonyl (C=O) groups excluding carboxylic acids is 1. The third kappa shape index (κ3) is 2.02. The second-order valence-electron chi connectivity index (χ2n) is 2.52. The van der Waals surface area contributed by atoms with Crippen molar-refractivity contribution in [1.29, 1.82) is 0 Å². The lowest BCUT2D eigenvalue weighted by molar-refractivity contribution is 0.101. The number of aryl methyl sites for hydroxylation is 1. The molecule has 0 bridgehead atoms. The average Bonchev–Trinajstić information content (AvgIpc) is 1.94. The van der Waals surface area contributed by atoms with Gasteiger partial charge in [-0.25, -0.2) is 0 Å². The second-order valence-corrected chi connectivity index (χ2v) is 3.68. The van der Waals surface area contributed by atoms with Gasteiger partial charge in [-0.2, -0.15) is 0 Å². The van der Waals surface area contributed by atoms with Crippen molar-refractivity contribution in [3.63, 3.8) is 0 Å². The minimum Gasteiger partial charge on any atom is -0.295 e. The van der Waals surface area contributed by atoms with Gasteiger partial charge in [-0.15, -0.1) is 0 Å². The van der Waals surface area contributed by atoms with E-state index in [-0.39, 0.29) is 5.78 Å². The molecule has 0 aromatic heterocycles. The van der Waals surface area contributed by atoms with E-state index in [1.807, 2.05) is 25.1 Å². The van der Waals surface area contributed by atoms with E-state index in [1.54, 1.807) is 6.92 Å². The van der Waals surface area contributed by atoms with Crippen LogP contribution in [-0.2, 0) is 0 Å². The summed E-state index contributed by atoms with van der Waals surface area (Å²) in [6, 6.07) is 5.74. The summed E-state index contributed by atoms with van der Waals surface area (Å²) in [6.07, 6.45) is 0. The maximum Gasteiger partial charge on any atom is 0.159 e. The zero-order valence-corrected chi connectivity index (χ0v) is 8.68. The van der Waals surface area contributed by atoms with Gasteiger partial charge in [-0.05, 0) is 54.1 Å². The van der Waals surface area contributed by atoms with Gasteiger partial charge < -0.3 is 0 Å². The van der Waals surface area contributed by atoms with Gasteiger partial charge in [0.15, 0.2) is 5.78 Å². The highest BCUT2D eigenvalue weighted by Crippen LogP contribution is 2.13. The normalized spacial score (nSPS) is 9.73. The topological polar surface area (TPSA) is 17.1 Å². The molecule has 0 heterocycles. The summed E-state index contributed by atoms with van der Waals surface area (Å²) in [5, 5.41) is 0. The number of ketones is 1. The largest absolute Gasteiger partial charge is 0.295 e. The summed E-state index contributed by atoms with van der Waals surface area (Å²) in [7, 11) is 0. The van der Waals surface area contributed by atoms with Gasteiger partial charge >= 0.3 is 0 Å². The first-order valence-electron chi connectivity index (χ1n) is 3.38. The quantitative estimate of drug-likeness (QED) is 0.560. The van der Waals surface area contributed by atoms with Crippen molar-refractivity contribution in [3.8, 4) is 0 Å². The number of hydrogen-bond acceptors (Lipinski definition) is 1. The van der Waals surface area contributed by atoms with Gasteiger partial charge in [-0.1, -0.05) is 6.07 Å². The molecule has 0 spiro atoms. The van der Waals surface area contributed by atoms with E-state index in [9.17, 15) is 4.79 Å². The van der Waals surface area contributed by atoms with Gasteiger partial charge in [0, 0.05) is 9.13 Å². The van der Waals surface area contributed by atoms with Crippen molar-refractivity contribution in [2.24, 2.45) is 0 Å². The molecule has 1 aromatic carbocycles. The van der Waals surface area contributed by atoms with Crippen molar-refractivity contribution in [3.05, 3.63) is 32.9 Å². The van der Waals surface area contributed by atoms with Gasteiger partial charge in [0.05, 0.1) is 0 Å². The molecule has 0 radical (unpaired) electrons. The Kier molecular flexibility index (Phi) is 2.65. The molecule has 0 N–H and O–H groups in total. The summed E-state index contributed by atoms with van der Waals surface area (Å²) in [5.41, 5.74) is 1.96. The number of hydrogen-bond donors (Lipinski definition) is 0. The smallest absolute Gasteiger partial charge is 0.159 e. The zero-order chi connectivity index (χ0) is 8.43. The Morgan fingerprint density at radius 1 is 1.45 bits per heavy atom. The van der Waals surface area contributed by atoms with Gasteiger partial charge in [-0.3, -0.25) is 4.79 Å². The maximum absolute atomic E-state index is 10.9. The molecule has 0 atom stereocenters. The molecule has 0 aliphatic rings. The lowest BCUT2D eigenvalue weighted by Crippen LogP contribution is -1.92. The molecule has 0 aliphatic carbocycles. The average molecular weight is 260 g/mol. The number of Topliss-reactive ketones (excluding diaryl/α,β-unsaturated/α-hetero) is 1. The molecule has 0 saturated heterocycles. The highest BCUT2D eigenvalue weighted by atomic mass is 127. The summed E-state index contributed by atoms with van der Waals surface area (Å²) in [6.45, 7) is 3.59. The monoisotopic (exact) mass is 260 g/mol. The molecule has 11 heavy (non-hydrogen) atoms. The first kappa shape index (κ1) is 8.71. The number of rotatable bonds is 1. The van der Waals surface area contributed by atoms with E-state index in [0.29, 0.717) is 0 Å². The minimum absolute atomic E-state index is 0.129. The Labute approximate surface area is 79.9 Å². The van der Waals surface area contributed by atoms with E-state index in [4.69, 9.17) is 0 Å². The Morgan fingerprint density at radius 2 is 2.09 bits per heavy atom. The zero-order valence-electron chi connectivity index (χ0n) is 6.52. The summed E-state index contributed by atoms with van der Waals surface area (Å²) >= 11 is 2.25. The van der Waals surface area contributed by atoms with Crippen LogP contribution in [0.4, 0.5) is 0 Å². The van der Waals surface area contributed by atoms with Crippen molar-refractivity contribution in [2.75, 3.05) is 0 Å². The maximum atomic E-state index is 10.9. The fourth-order valence-corrected chi connectivity index (χ4v) is 1.20. The van der Waals surface area contributed by atoms with Crippen LogP contribution in [0, 0.1) is 10.5 Å². The third-order valence-electron chi connectivity index (χ3n) is 1.56. The standard InChI is InChI=1S/C9H9IO/c1-6-5-8(7(2)11)3-4-9(6)10/h3-5H,1-2H3. The second kappa shape index (κ2) is 3.34. The summed E-state index contributed by atoms with van der Waals surface area (Å²) in [4.78, 5) is 10.9. The Hall–Kier alpha value is -0.380. The van der Waals surface area contributed by atoms with Crippen LogP contribution < -0.4 is 0 Å². The SMILES string of the molecule is CC(=O)c1ccc(I)c(C)c1. The first-order chi connectivity index (χ1) is 5.11. The van der Waals surface area contributed by atoms with Crippen LogP contribution in [-0.4, -0.2) is 5.78 Å². The van der Waals surface area contributed by atoms with E-state index in [1.165, 1.54) is 9.13 Å². The van der Waals surface area contributed by atoms with E-state index >= 15 is 0 Å². The number of benzene rings is 1. The molecule has 0 aliphatic heterocycles. The highest BCUT2D eigenvalue weighted by molar-refractivity contribution is 14.1. The molecule has 0 unspecified atom stereocenters. The molecule has 1 aromatic rings. The van der Waals surface area contributed by atoms with Gasteiger partial charge in [0.2, 0.25) is 0 Å². The summed E-state index contributed by atoms with van der Waals surface area (Å²) < 4.78 is 1.20. The Morgan fingerprint density at radius 3 is 2.55 bits per heavy atom. The Bertz CT molecular complexity index is 292. The number of carbonyl (C=O) groups is 1. The predicted molar refractivity (Wildman–Crippen MR) is 53.9 cm³/mol. The van der Waals surface area contributed by atoms with Crippen molar-refractivity contribution in [2.45, 2.75) is 13.8 Å². The van der Waals surface area contributed by atoms with E-state index in [2.05, 4.69) is 22.6 Å². The molecule has 1 nitrogen and oxygen atoms in total. The molecule has 2 heteroatoms. The van der Waals surface area contributed by atoms with Crippen molar-refractivity contribution in [1.82, 2.24) is 0 Å². The fourth-order valence-electron chi connectivity index (χ4n) is 0.864. The van der Waals surface area contributed by atoms with E-state index in [0.717, 1.165) is 5.56 Å². The van der Waals surface area contributed by atoms with Crippen LogP contribution in [0.3, 0.4) is 0 Å². The summed E-state index contributed by atoms with van der Waals surface area (Å²) in [5.74, 6) is 0.129. The Balaban J connectivity index is 3.15. The third-order valence-corrected chi connectivity index (χ3v) is 2.77. The van der Waals surface area contributed by atoms with Crippen LogP contribution in [0.1, 0.15) is 22.8 Å². The predicted octanol–water partition coefficient (Wildman–Crippen LogP) is 2.80. The molecule has 0 amide bonds. The molecule has 1 rings (SSSR count). The lowest BCUT2D eigenvalue weighted by Gasteiger charge is -1.99. The minimum atomic E-state index is 0.129. The molecular formula is C9H9IO. The molecule has 0 saturated carbocycles. The van der Waals surface area contributed by atoms with Crippen molar-refractivity contribution < 1.29 is 4.79 Å². The number of halogens is 1. The van der Waals surface area contributed by atoms with Gasteiger partial charge in [0.1, 0.15) is 0 Å². The fraction of sp³-hybridized carbons (Fsp3) is 0.222.